The fraction of sp³-hybridized carbons (Fsp3) is 0.281. The number of carbonyl (C=O) groups is 1. The molecule has 0 radical (unpaired) electrons. The molecule has 1 saturated heterocycles. The van der Waals surface area contributed by atoms with Gasteiger partial charge in [0, 0.05) is 40.4 Å². The second kappa shape index (κ2) is 11.0. The second-order valence-corrected chi connectivity index (χ2v) is 11.6. The zero-order chi connectivity index (χ0) is 29.5. The van der Waals surface area contributed by atoms with Crippen LogP contribution in [0, 0.1) is 25.1 Å². The first kappa shape index (κ1) is 28.3. The summed E-state index contributed by atoms with van der Waals surface area (Å²) in [6.07, 6.45) is 1.78. The number of pyridine rings is 1. The van der Waals surface area contributed by atoms with Crippen LogP contribution in [0.25, 0.3) is 5.69 Å². The van der Waals surface area contributed by atoms with Crippen LogP contribution in [0.15, 0.2) is 72.9 Å². The van der Waals surface area contributed by atoms with E-state index in [0.717, 1.165) is 34.0 Å². The fourth-order valence-corrected chi connectivity index (χ4v) is 5.61. The maximum absolute atomic E-state index is 13.7. The third-order valence-corrected chi connectivity index (χ3v) is 7.68. The number of aromatic nitrogens is 2. The van der Waals surface area contributed by atoms with Crippen LogP contribution in [0.5, 0.6) is 5.75 Å². The largest absolute Gasteiger partial charge is 0.494 e. The lowest BCUT2D eigenvalue weighted by molar-refractivity contribution is -0.123. The number of nitrogens with one attached hydrogen (secondary N) is 2. The van der Waals surface area contributed by atoms with Crippen molar-refractivity contribution in [1.29, 1.82) is 0 Å². The lowest BCUT2D eigenvalue weighted by atomic mass is 9.95. The summed E-state index contributed by atoms with van der Waals surface area (Å²) in [4.78, 5) is 19.4. The Kier molecular flexibility index (Phi) is 7.57. The van der Waals surface area contributed by atoms with Crippen LogP contribution in [0.3, 0.4) is 0 Å². The van der Waals surface area contributed by atoms with Gasteiger partial charge >= 0.3 is 0 Å². The highest BCUT2D eigenvalue weighted by atomic mass is 32.1. The molecule has 2 atom stereocenters. The Bertz CT molecular complexity index is 1600. The van der Waals surface area contributed by atoms with Gasteiger partial charge in [-0.3, -0.25) is 9.78 Å². The first-order chi connectivity index (χ1) is 19.5. The van der Waals surface area contributed by atoms with E-state index in [1.165, 1.54) is 12.1 Å². The zero-order valence-electron chi connectivity index (χ0n) is 24.0. The maximum Gasteiger partial charge on any atom is 0.229 e. The number of aryl methyl sites for hydroxylation is 1. The molecule has 3 heterocycles. The molecule has 1 fully saturated rings. The lowest BCUT2D eigenvalue weighted by Crippen LogP contribution is -2.30. The Morgan fingerprint density at radius 3 is 2.39 bits per heavy atom. The molecule has 7 nitrogen and oxygen atoms in total. The summed E-state index contributed by atoms with van der Waals surface area (Å²) in [5, 5.41) is 7.03. The Labute approximate surface area is 245 Å². The van der Waals surface area contributed by atoms with Gasteiger partial charge in [0.05, 0.1) is 30.6 Å². The third kappa shape index (κ3) is 5.41. The van der Waals surface area contributed by atoms with Crippen LogP contribution in [-0.4, -0.2) is 27.7 Å². The molecule has 1 amide bonds. The number of amides is 1. The molecule has 5 rings (SSSR count). The number of rotatable bonds is 6. The Morgan fingerprint density at radius 2 is 1.76 bits per heavy atom. The average molecular weight is 572 g/mol. The molecule has 2 aromatic carbocycles. The van der Waals surface area contributed by atoms with E-state index in [1.54, 1.807) is 25.4 Å². The van der Waals surface area contributed by atoms with Crippen LogP contribution in [0.2, 0.25) is 0 Å². The molecule has 0 aliphatic carbocycles. The Morgan fingerprint density at radius 1 is 1.05 bits per heavy atom. The van der Waals surface area contributed by atoms with Crippen LogP contribution in [0.1, 0.15) is 55.5 Å². The van der Waals surface area contributed by atoms with Crippen LogP contribution >= 0.6 is 12.2 Å². The molecular weight excluding hydrogens is 537 g/mol. The van der Waals surface area contributed by atoms with E-state index in [2.05, 4.69) is 38.1 Å². The molecule has 0 saturated carbocycles. The minimum atomic E-state index is -0.557. The predicted octanol–water partition coefficient (Wildman–Crippen LogP) is 6.80. The van der Waals surface area contributed by atoms with Gasteiger partial charge in [-0.2, -0.15) is 0 Å². The van der Waals surface area contributed by atoms with Gasteiger partial charge in [0.2, 0.25) is 5.91 Å². The van der Waals surface area contributed by atoms with Crippen molar-refractivity contribution in [2.24, 2.45) is 5.41 Å². The summed E-state index contributed by atoms with van der Waals surface area (Å²) >= 11 is 5.93. The summed E-state index contributed by atoms with van der Waals surface area (Å²) in [7, 11) is 1.58. The van der Waals surface area contributed by atoms with Gasteiger partial charge in [0.25, 0.3) is 0 Å². The van der Waals surface area contributed by atoms with E-state index in [9.17, 15) is 9.18 Å². The Balaban J connectivity index is 1.62. The van der Waals surface area contributed by atoms with Gasteiger partial charge < -0.3 is 24.8 Å². The summed E-state index contributed by atoms with van der Waals surface area (Å²) in [5.41, 5.74) is 5.65. The van der Waals surface area contributed by atoms with Gasteiger partial charge in [0.15, 0.2) is 5.11 Å². The number of hydrogen-bond acceptors (Lipinski definition) is 4. The SMILES string of the molecule is COc1cc(N2C(=S)N[C@H](c3ccccn3)[C@H]2c2cc(C)n(-c3ccc(F)cc3)c2C)ccc1NC(=O)C(C)(C)C. The van der Waals surface area contributed by atoms with Crippen LogP contribution in [-0.2, 0) is 4.79 Å². The lowest BCUT2D eigenvalue weighted by Gasteiger charge is -2.29. The van der Waals surface area contributed by atoms with E-state index < -0.39 is 5.41 Å². The topological polar surface area (TPSA) is 71.4 Å². The molecule has 0 bridgehead atoms. The standard InChI is InChI=1S/C32H34FN5O2S/c1-19-17-24(20(2)37(19)22-12-10-21(33)11-13-22)29-28(26-9-7-8-16-34-26)36-31(41)38(29)23-14-15-25(27(18-23)40-6)35-30(39)32(3,4)5/h7-18,28-29H,1-6H3,(H,35,39)(H,36,41)/t28-,29-/m1/s1. The number of halogens is 1. The van der Waals surface area contributed by atoms with E-state index in [1.807, 2.05) is 64.1 Å². The first-order valence-corrected chi connectivity index (χ1v) is 13.9. The monoisotopic (exact) mass is 571 g/mol. The van der Waals surface area contributed by atoms with Crippen molar-refractivity contribution < 1.29 is 13.9 Å². The van der Waals surface area contributed by atoms with Crippen molar-refractivity contribution in [2.45, 2.75) is 46.7 Å². The van der Waals surface area contributed by atoms with E-state index in [4.69, 9.17) is 17.0 Å². The number of carbonyl (C=O) groups excluding carboxylic acids is 1. The van der Waals surface area contributed by atoms with Gasteiger partial charge in [-0.15, -0.1) is 0 Å². The number of hydrogen-bond donors (Lipinski definition) is 2. The molecule has 1 aliphatic rings. The molecule has 0 unspecified atom stereocenters. The molecular formula is C32H34FN5O2S. The fourth-order valence-electron chi connectivity index (χ4n) is 5.27. The van der Waals surface area contributed by atoms with Gasteiger partial charge in [-0.25, -0.2) is 4.39 Å². The van der Waals surface area contributed by atoms with Gasteiger partial charge in [-0.1, -0.05) is 26.8 Å². The molecule has 212 valence electrons. The maximum atomic E-state index is 13.7. The molecule has 41 heavy (non-hydrogen) atoms. The average Bonchev–Trinajstić information content (AvgIpc) is 3.44. The molecule has 4 aromatic rings. The van der Waals surface area contributed by atoms with Crippen molar-refractivity contribution in [3.8, 4) is 11.4 Å². The van der Waals surface area contributed by atoms with Crippen molar-refractivity contribution in [1.82, 2.24) is 14.9 Å². The first-order valence-electron chi connectivity index (χ1n) is 13.4. The Hall–Kier alpha value is -4.24. The highest BCUT2D eigenvalue weighted by molar-refractivity contribution is 7.80. The zero-order valence-corrected chi connectivity index (χ0v) is 24.8. The smallest absolute Gasteiger partial charge is 0.229 e. The molecule has 9 heteroatoms. The number of methoxy groups -OCH3 is 1. The summed E-state index contributed by atoms with van der Waals surface area (Å²) in [6, 6.07) is 19.6. The number of thiocarbonyl (C=S) groups is 1. The van der Waals surface area contributed by atoms with Crippen molar-refractivity contribution in [2.75, 3.05) is 17.3 Å². The molecule has 0 spiro atoms. The number of anilines is 2. The molecule has 2 aromatic heterocycles. The van der Waals surface area contributed by atoms with Crippen LogP contribution < -0.4 is 20.3 Å². The van der Waals surface area contributed by atoms with Crippen molar-refractivity contribution >= 4 is 34.6 Å². The second-order valence-electron chi connectivity index (χ2n) is 11.2. The number of nitrogens with zero attached hydrogens (tertiary/aromatic N) is 3. The van der Waals surface area contributed by atoms with Crippen molar-refractivity contribution in [3.63, 3.8) is 0 Å². The number of ether oxygens (including phenoxy) is 1. The van der Waals surface area contributed by atoms with Crippen LogP contribution in [0.4, 0.5) is 15.8 Å². The van der Waals surface area contributed by atoms with E-state index in [0.29, 0.717) is 16.5 Å². The quantitative estimate of drug-likeness (QED) is 0.248. The molecule has 1 aliphatic heterocycles. The summed E-state index contributed by atoms with van der Waals surface area (Å²) in [5.74, 6) is 0.141. The van der Waals surface area contributed by atoms with Gasteiger partial charge in [0.1, 0.15) is 11.6 Å². The molecule has 2 N–H and O–H groups in total. The third-order valence-electron chi connectivity index (χ3n) is 7.36. The van der Waals surface area contributed by atoms with Gasteiger partial charge in [-0.05, 0) is 86.2 Å². The van der Waals surface area contributed by atoms with Crippen molar-refractivity contribution in [3.05, 3.63) is 101 Å². The predicted molar refractivity (Wildman–Crippen MR) is 164 cm³/mol. The highest BCUT2D eigenvalue weighted by Crippen LogP contribution is 2.45. The highest BCUT2D eigenvalue weighted by Gasteiger charge is 2.42. The van der Waals surface area contributed by atoms with E-state index in [-0.39, 0.29) is 23.8 Å². The number of benzene rings is 2. The summed E-state index contributed by atoms with van der Waals surface area (Å²) in [6.45, 7) is 9.69. The minimum absolute atomic E-state index is 0.108. The summed E-state index contributed by atoms with van der Waals surface area (Å²) < 4.78 is 21.5. The normalized spacial score (nSPS) is 17.0. The van der Waals surface area contributed by atoms with E-state index >= 15 is 0 Å². The minimum Gasteiger partial charge on any atom is -0.494 e.